The number of hydrogen-bond acceptors (Lipinski definition) is 4. The van der Waals surface area contributed by atoms with Gasteiger partial charge in [0.15, 0.2) is 5.65 Å². The van der Waals surface area contributed by atoms with Gasteiger partial charge >= 0.3 is 0 Å². The third-order valence-corrected chi connectivity index (χ3v) is 5.65. The Morgan fingerprint density at radius 3 is 2.50 bits per heavy atom. The fourth-order valence-electron chi connectivity index (χ4n) is 2.50. The third kappa shape index (κ3) is 3.25. The topological polar surface area (TPSA) is 72.3 Å². The Labute approximate surface area is 152 Å². The van der Waals surface area contributed by atoms with Crippen LogP contribution in [0.25, 0.3) is 17.1 Å². The molecule has 1 amide bonds. The maximum Gasteiger partial charge on any atom is 0.269 e. The number of rotatable bonds is 4. The summed E-state index contributed by atoms with van der Waals surface area (Å²) in [4.78, 5) is 17.7. The summed E-state index contributed by atoms with van der Waals surface area (Å²) in [5, 5.41) is 0.658. The molecule has 0 saturated heterocycles. The molecule has 0 spiro atoms. The van der Waals surface area contributed by atoms with E-state index in [1.54, 1.807) is 62.8 Å². The van der Waals surface area contributed by atoms with E-state index in [0.717, 1.165) is 9.54 Å². The molecule has 0 saturated carbocycles. The van der Waals surface area contributed by atoms with Crippen LogP contribution in [0.2, 0.25) is 0 Å². The summed E-state index contributed by atoms with van der Waals surface area (Å²) in [6.07, 6.45) is 6.05. The summed E-state index contributed by atoms with van der Waals surface area (Å²) >= 11 is 0. The Kier molecular flexibility index (Phi) is 4.65. The van der Waals surface area contributed by atoms with Crippen molar-refractivity contribution in [2.45, 2.75) is 11.8 Å². The predicted octanol–water partition coefficient (Wildman–Crippen LogP) is 2.68. The molecule has 0 atom stereocenters. The van der Waals surface area contributed by atoms with E-state index in [-0.39, 0.29) is 10.8 Å². The van der Waals surface area contributed by atoms with Gasteiger partial charge in [-0.1, -0.05) is 17.7 Å². The van der Waals surface area contributed by atoms with Crippen LogP contribution in [-0.4, -0.2) is 42.3 Å². The first-order chi connectivity index (χ1) is 12.3. The number of likely N-dealkylation sites (N-methyl/N-ethyl adjacent to an activating group) is 1. The van der Waals surface area contributed by atoms with E-state index in [1.807, 2.05) is 6.92 Å². The van der Waals surface area contributed by atoms with Crippen molar-refractivity contribution in [1.29, 1.82) is 0 Å². The molecular weight excluding hydrogens is 350 g/mol. The number of carbonyl (C=O) groups is 1. The van der Waals surface area contributed by atoms with Crippen molar-refractivity contribution in [3.05, 3.63) is 66.0 Å². The molecule has 0 N–H and O–H groups in total. The first kappa shape index (κ1) is 17.9. The molecule has 0 radical (unpaired) electrons. The zero-order valence-electron chi connectivity index (χ0n) is 14.7. The lowest BCUT2D eigenvalue weighted by Gasteiger charge is -2.07. The molecule has 0 unspecified atom stereocenters. The van der Waals surface area contributed by atoms with Crippen LogP contribution in [0.4, 0.5) is 0 Å². The van der Waals surface area contributed by atoms with Crippen molar-refractivity contribution < 1.29 is 13.2 Å². The van der Waals surface area contributed by atoms with Gasteiger partial charge in [0.2, 0.25) is 5.91 Å². The van der Waals surface area contributed by atoms with Crippen molar-refractivity contribution in [1.82, 2.24) is 13.9 Å². The number of pyridine rings is 1. The van der Waals surface area contributed by atoms with Crippen LogP contribution < -0.4 is 0 Å². The smallest absolute Gasteiger partial charge is 0.269 e. The van der Waals surface area contributed by atoms with Gasteiger partial charge in [-0.05, 0) is 37.3 Å². The predicted molar refractivity (Wildman–Crippen MR) is 101 cm³/mol. The number of fused-ring (bicyclic) bond motifs is 1. The molecule has 0 aliphatic carbocycles. The van der Waals surface area contributed by atoms with Gasteiger partial charge in [0, 0.05) is 43.5 Å². The molecule has 6 nitrogen and oxygen atoms in total. The number of amides is 1. The Hall–Kier alpha value is -2.93. The third-order valence-electron chi connectivity index (χ3n) is 3.99. The van der Waals surface area contributed by atoms with Crippen molar-refractivity contribution in [2.75, 3.05) is 14.1 Å². The second kappa shape index (κ2) is 6.76. The van der Waals surface area contributed by atoms with E-state index in [4.69, 9.17) is 0 Å². The molecule has 134 valence electrons. The standard InChI is InChI=1S/C19H19N3O3S/c1-14-6-9-16(10-7-14)26(24,25)22-13-15(8-11-18(23)21(2)3)17-5-4-12-20-19(17)22/h4-13H,1-3H3. The molecule has 1 aromatic carbocycles. The highest BCUT2D eigenvalue weighted by molar-refractivity contribution is 7.90. The Morgan fingerprint density at radius 2 is 1.85 bits per heavy atom. The zero-order valence-corrected chi connectivity index (χ0v) is 15.6. The van der Waals surface area contributed by atoms with E-state index in [9.17, 15) is 13.2 Å². The molecule has 0 aliphatic rings. The van der Waals surface area contributed by atoms with Gasteiger partial charge in [-0.3, -0.25) is 4.79 Å². The number of hydrogen-bond donors (Lipinski definition) is 0. The lowest BCUT2D eigenvalue weighted by molar-refractivity contribution is -0.123. The fraction of sp³-hybridized carbons (Fsp3) is 0.158. The highest BCUT2D eigenvalue weighted by Gasteiger charge is 2.21. The van der Waals surface area contributed by atoms with Crippen LogP contribution in [0.15, 0.2) is 59.8 Å². The average molecular weight is 369 g/mol. The summed E-state index contributed by atoms with van der Waals surface area (Å²) in [6.45, 7) is 1.90. The lowest BCUT2D eigenvalue weighted by atomic mass is 10.2. The van der Waals surface area contributed by atoms with Crippen molar-refractivity contribution in [3.8, 4) is 0 Å². The average Bonchev–Trinajstić information content (AvgIpc) is 2.99. The molecule has 2 aromatic heterocycles. The molecule has 0 bridgehead atoms. The number of nitrogens with zero attached hydrogens (tertiary/aromatic N) is 3. The SMILES string of the molecule is Cc1ccc(S(=O)(=O)n2cc(C=CC(=O)N(C)C)c3cccnc32)cc1. The molecule has 0 aliphatic heterocycles. The minimum atomic E-state index is -3.79. The van der Waals surface area contributed by atoms with Crippen LogP contribution >= 0.6 is 0 Å². The molecule has 2 heterocycles. The van der Waals surface area contributed by atoms with Gasteiger partial charge in [-0.25, -0.2) is 17.4 Å². The van der Waals surface area contributed by atoms with Gasteiger partial charge in [0.05, 0.1) is 4.90 Å². The van der Waals surface area contributed by atoms with Gasteiger partial charge in [0.25, 0.3) is 10.0 Å². The van der Waals surface area contributed by atoms with Gasteiger partial charge < -0.3 is 4.90 Å². The summed E-state index contributed by atoms with van der Waals surface area (Å²) in [7, 11) is -0.487. The summed E-state index contributed by atoms with van der Waals surface area (Å²) in [6, 6.07) is 10.2. The number of aryl methyl sites for hydroxylation is 1. The first-order valence-electron chi connectivity index (χ1n) is 7.98. The highest BCUT2D eigenvalue weighted by atomic mass is 32.2. The molecular formula is C19H19N3O3S. The second-order valence-electron chi connectivity index (χ2n) is 6.14. The van der Waals surface area contributed by atoms with E-state index >= 15 is 0 Å². The van der Waals surface area contributed by atoms with Gasteiger partial charge in [0.1, 0.15) is 0 Å². The largest absolute Gasteiger partial charge is 0.345 e. The highest BCUT2D eigenvalue weighted by Crippen LogP contribution is 2.25. The molecule has 3 rings (SSSR count). The summed E-state index contributed by atoms with van der Waals surface area (Å²) in [5.74, 6) is -0.184. The normalized spacial score (nSPS) is 12.0. The van der Waals surface area contributed by atoms with Crippen LogP contribution in [0.3, 0.4) is 0 Å². The van der Waals surface area contributed by atoms with E-state index in [0.29, 0.717) is 16.6 Å². The molecule has 3 aromatic rings. The lowest BCUT2D eigenvalue weighted by Crippen LogP contribution is -2.18. The molecule has 7 heteroatoms. The summed E-state index contributed by atoms with van der Waals surface area (Å²) in [5.41, 5.74) is 1.91. The number of carbonyl (C=O) groups excluding carboxylic acids is 1. The number of benzene rings is 1. The zero-order chi connectivity index (χ0) is 18.9. The van der Waals surface area contributed by atoms with Crippen LogP contribution in [-0.2, 0) is 14.8 Å². The second-order valence-corrected chi connectivity index (χ2v) is 7.95. The fourth-order valence-corrected chi connectivity index (χ4v) is 3.84. The Balaban J connectivity index is 2.15. The minimum absolute atomic E-state index is 0.184. The first-order valence-corrected chi connectivity index (χ1v) is 9.42. The van der Waals surface area contributed by atoms with E-state index < -0.39 is 10.0 Å². The van der Waals surface area contributed by atoms with Crippen LogP contribution in [0.1, 0.15) is 11.1 Å². The Morgan fingerprint density at radius 1 is 1.15 bits per heavy atom. The number of aromatic nitrogens is 2. The van der Waals surface area contributed by atoms with Crippen molar-refractivity contribution >= 4 is 33.0 Å². The maximum atomic E-state index is 13.0. The quantitative estimate of drug-likeness (QED) is 0.663. The van der Waals surface area contributed by atoms with Crippen molar-refractivity contribution in [3.63, 3.8) is 0 Å². The summed E-state index contributed by atoms with van der Waals surface area (Å²) < 4.78 is 27.2. The van der Waals surface area contributed by atoms with E-state index in [2.05, 4.69) is 4.98 Å². The van der Waals surface area contributed by atoms with Crippen LogP contribution in [0, 0.1) is 6.92 Å². The molecule has 26 heavy (non-hydrogen) atoms. The maximum absolute atomic E-state index is 13.0. The monoisotopic (exact) mass is 369 g/mol. The van der Waals surface area contributed by atoms with Crippen molar-refractivity contribution in [2.24, 2.45) is 0 Å². The molecule has 0 fully saturated rings. The Bertz CT molecular complexity index is 1090. The van der Waals surface area contributed by atoms with Crippen LogP contribution in [0.5, 0.6) is 0 Å². The van der Waals surface area contributed by atoms with Gasteiger partial charge in [-0.2, -0.15) is 0 Å². The van der Waals surface area contributed by atoms with Gasteiger partial charge in [-0.15, -0.1) is 0 Å². The van der Waals surface area contributed by atoms with E-state index in [1.165, 1.54) is 17.2 Å². The minimum Gasteiger partial charge on any atom is -0.345 e.